The number of benzene rings is 1. The SMILES string of the molecule is CCOC(=O)c1c(-c2c(F)cccc2Cl)noc1-c1cnn(CC(=O)N(C)OC)c1C(F)(F)F. The van der Waals surface area contributed by atoms with Crippen molar-refractivity contribution in [3.63, 3.8) is 0 Å². The van der Waals surface area contributed by atoms with Crippen LogP contribution in [0.3, 0.4) is 0 Å². The third-order valence-corrected chi connectivity index (χ3v) is 4.95. The minimum Gasteiger partial charge on any atom is -0.462 e. The van der Waals surface area contributed by atoms with Crippen LogP contribution in [0.2, 0.25) is 5.02 Å². The molecule has 1 aromatic carbocycles. The number of aromatic nitrogens is 3. The van der Waals surface area contributed by atoms with Crippen LogP contribution in [-0.4, -0.2) is 52.6 Å². The molecule has 9 nitrogen and oxygen atoms in total. The molecular formula is C20H17ClF4N4O5. The number of hydrogen-bond acceptors (Lipinski definition) is 7. The number of amides is 1. The van der Waals surface area contributed by atoms with E-state index in [2.05, 4.69) is 15.1 Å². The maximum absolute atomic E-state index is 14.5. The standard InChI is InChI=1S/C20H17ClF4N4O5/c1-4-33-19(31)15-16(14-11(21)6-5-7-12(14)22)27-34-17(15)10-8-26-29(18(10)20(23,24)25)9-13(30)28(2)32-3/h5-8H,4,9H2,1-3H3. The Kier molecular flexibility index (Phi) is 7.26. The van der Waals surface area contributed by atoms with Gasteiger partial charge in [0.15, 0.2) is 11.5 Å². The number of rotatable bonds is 7. The van der Waals surface area contributed by atoms with Gasteiger partial charge in [-0.15, -0.1) is 0 Å². The van der Waals surface area contributed by atoms with E-state index in [0.717, 1.165) is 24.4 Å². The summed E-state index contributed by atoms with van der Waals surface area (Å²) in [5, 5.41) is 7.81. The van der Waals surface area contributed by atoms with Crippen molar-refractivity contribution < 1.29 is 41.2 Å². The zero-order valence-corrected chi connectivity index (χ0v) is 18.7. The Morgan fingerprint density at radius 1 is 1.29 bits per heavy atom. The van der Waals surface area contributed by atoms with Crippen LogP contribution in [0.4, 0.5) is 17.6 Å². The van der Waals surface area contributed by atoms with Crippen LogP contribution in [0.1, 0.15) is 23.0 Å². The number of carbonyl (C=O) groups is 2. The second-order valence-electron chi connectivity index (χ2n) is 6.69. The number of likely N-dealkylation sites (N-methyl/N-ethyl adjacent to an activating group) is 1. The Balaban J connectivity index is 2.25. The third kappa shape index (κ3) is 4.75. The van der Waals surface area contributed by atoms with Crippen LogP contribution in [0, 0.1) is 5.82 Å². The van der Waals surface area contributed by atoms with Gasteiger partial charge in [-0.1, -0.05) is 22.8 Å². The van der Waals surface area contributed by atoms with E-state index >= 15 is 0 Å². The van der Waals surface area contributed by atoms with E-state index in [4.69, 9.17) is 20.9 Å². The van der Waals surface area contributed by atoms with Crippen molar-refractivity contribution in [2.75, 3.05) is 20.8 Å². The summed E-state index contributed by atoms with van der Waals surface area (Å²) in [6, 6.07) is 3.63. The lowest BCUT2D eigenvalue weighted by Gasteiger charge is -2.16. The molecular weight excluding hydrogens is 488 g/mol. The number of alkyl halides is 3. The minimum atomic E-state index is -5.04. The molecule has 0 bridgehead atoms. The summed E-state index contributed by atoms with van der Waals surface area (Å²) in [6.45, 7) is 0.489. The lowest BCUT2D eigenvalue weighted by molar-refractivity contribution is -0.170. The monoisotopic (exact) mass is 504 g/mol. The summed E-state index contributed by atoms with van der Waals surface area (Å²) in [5.74, 6) is -3.54. The molecule has 14 heteroatoms. The Hall–Kier alpha value is -3.45. The van der Waals surface area contributed by atoms with E-state index in [1.54, 1.807) is 0 Å². The van der Waals surface area contributed by atoms with Crippen molar-refractivity contribution >= 4 is 23.5 Å². The molecule has 0 atom stereocenters. The Labute approximate surface area is 194 Å². The van der Waals surface area contributed by atoms with E-state index in [0.29, 0.717) is 4.68 Å². The van der Waals surface area contributed by atoms with Crippen LogP contribution in [0.5, 0.6) is 0 Å². The molecule has 182 valence electrons. The van der Waals surface area contributed by atoms with Crippen LogP contribution >= 0.6 is 11.6 Å². The van der Waals surface area contributed by atoms with Crippen molar-refractivity contribution in [2.24, 2.45) is 0 Å². The summed E-state index contributed by atoms with van der Waals surface area (Å²) in [6.07, 6.45) is -4.29. The van der Waals surface area contributed by atoms with Crippen LogP contribution in [0.25, 0.3) is 22.6 Å². The van der Waals surface area contributed by atoms with E-state index in [-0.39, 0.29) is 17.2 Å². The average Bonchev–Trinajstić information content (AvgIpc) is 3.37. The van der Waals surface area contributed by atoms with E-state index in [9.17, 15) is 27.2 Å². The van der Waals surface area contributed by atoms with Gasteiger partial charge in [0.2, 0.25) is 0 Å². The molecule has 2 aromatic heterocycles. The fourth-order valence-corrected chi connectivity index (χ4v) is 3.31. The third-order valence-electron chi connectivity index (χ3n) is 4.63. The highest BCUT2D eigenvalue weighted by Gasteiger charge is 2.42. The summed E-state index contributed by atoms with van der Waals surface area (Å²) < 4.78 is 67.0. The lowest BCUT2D eigenvalue weighted by atomic mass is 10.0. The average molecular weight is 505 g/mol. The maximum Gasteiger partial charge on any atom is 0.433 e. The van der Waals surface area contributed by atoms with E-state index < -0.39 is 58.7 Å². The first-order valence-corrected chi connectivity index (χ1v) is 9.94. The van der Waals surface area contributed by atoms with Gasteiger partial charge in [0.1, 0.15) is 23.6 Å². The fraction of sp³-hybridized carbons (Fsp3) is 0.300. The molecule has 0 saturated heterocycles. The van der Waals surface area contributed by atoms with Crippen LogP contribution in [0.15, 0.2) is 28.9 Å². The number of esters is 1. The number of hydroxylamine groups is 2. The first-order chi connectivity index (χ1) is 16.0. The van der Waals surface area contributed by atoms with Crippen molar-refractivity contribution in [1.82, 2.24) is 20.0 Å². The zero-order chi connectivity index (χ0) is 25.2. The van der Waals surface area contributed by atoms with Crippen molar-refractivity contribution in [3.8, 4) is 22.6 Å². The predicted molar refractivity (Wildman–Crippen MR) is 109 cm³/mol. The number of carbonyl (C=O) groups excluding carboxylic acids is 2. The molecule has 3 aromatic rings. The van der Waals surface area contributed by atoms with Gasteiger partial charge in [0.05, 0.1) is 36.1 Å². The Bertz CT molecular complexity index is 1200. The van der Waals surface area contributed by atoms with Gasteiger partial charge in [-0.25, -0.2) is 14.2 Å². The lowest BCUT2D eigenvalue weighted by Crippen LogP contribution is -2.31. The van der Waals surface area contributed by atoms with Gasteiger partial charge in [0, 0.05) is 7.05 Å². The second kappa shape index (κ2) is 9.81. The second-order valence-corrected chi connectivity index (χ2v) is 7.10. The van der Waals surface area contributed by atoms with E-state index in [1.807, 2.05) is 0 Å². The Morgan fingerprint density at radius 2 is 2.00 bits per heavy atom. The molecule has 0 aliphatic rings. The van der Waals surface area contributed by atoms with Gasteiger partial charge in [-0.05, 0) is 19.1 Å². The summed E-state index contributed by atoms with van der Waals surface area (Å²) in [5.41, 5.74) is -3.51. The van der Waals surface area contributed by atoms with Crippen molar-refractivity contribution in [2.45, 2.75) is 19.6 Å². The maximum atomic E-state index is 14.5. The summed E-state index contributed by atoms with van der Waals surface area (Å²) in [4.78, 5) is 29.5. The molecule has 34 heavy (non-hydrogen) atoms. The first-order valence-electron chi connectivity index (χ1n) is 9.56. The first kappa shape index (κ1) is 25.2. The largest absolute Gasteiger partial charge is 0.462 e. The molecule has 0 aliphatic carbocycles. The molecule has 0 fully saturated rings. The quantitative estimate of drug-likeness (QED) is 0.270. The van der Waals surface area contributed by atoms with Gasteiger partial charge >= 0.3 is 12.1 Å². The topological polar surface area (TPSA) is 99.7 Å². The molecule has 3 rings (SSSR count). The van der Waals surface area contributed by atoms with Gasteiger partial charge in [0.25, 0.3) is 5.91 Å². The number of halogens is 5. The molecule has 0 N–H and O–H groups in total. The number of nitrogens with zero attached hydrogens (tertiary/aromatic N) is 4. The summed E-state index contributed by atoms with van der Waals surface area (Å²) >= 11 is 6.06. The highest BCUT2D eigenvalue weighted by molar-refractivity contribution is 6.33. The van der Waals surface area contributed by atoms with Gasteiger partial charge < -0.3 is 9.26 Å². The highest BCUT2D eigenvalue weighted by Crippen LogP contribution is 2.42. The van der Waals surface area contributed by atoms with Crippen molar-refractivity contribution in [3.05, 3.63) is 46.5 Å². The molecule has 0 radical (unpaired) electrons. The summed E-state index contributed by atoms with van der Waals surface area (Å²) in [7, 11) is 2.37. The van der Waals surface area contributed by atoms with Crippen LogP contribution < -0.4 is 0 Å². The molecule has 0 unspecified atom stereocenters. The van der Waals surface area contributed by atoms with Gasteiger partial charge in [-0.3, -0.25) is 14.3 Å². The number of ether oxygens (including phenoxy) is 1. The van der Waals surface area contributed by atoms with Crippen LogP contribution in [-0.2, 0) is 27.1 Å². The van der Waals surface area contributed by atoms with Crippen molar-refractivity contribution in [1.29, 1.82) is 0 Å². The van der Waals surface area contributed by atoms with Gasteiger partial charge in [-0.2, -0.15) is 18.3 Å². The molecule has 0 saturated carbocycles. The molecule has 1 amide bonds. The zero-order valence-electron chi connectivity index (χ0n) is 17.9. The highest BCUT2D eigenvalue weighted by atomic mass is 35.5. The van der Waals surface area contributed by atoms with E-state index in [1.165, 1.54) is 26.1 Å². The Morgan fingerprint density at radius 3 is 2.59 bits per heavy atom. The molecule has 0 spiro atoms. The normalized spacial score (nSPS) is 11.5. The predicted octanol–water partition coefficient (Wildman–Crippen LogP) is 4.21. The fourth-order valence-electron chi connectivity index (χ4n) is 3.06. The number of hydrogen-bond donors (Lipinski definition) is 0. The minimum absolute atomic E-state index is 0.142. The molecule has 2 heterocycles. The smallest absolute Gasteiger partial charge is 0.433 e. The molecule has 0 aliphatic heterocycles.